The van der Waals surface area contributed by atoms with Crippen LogP contribution in [0.3, 0.4) is 0 Å². The van der Waals surface area contributed by atoms with E-state index in [1.54, 1.807) is 6.33 Å². The Balaban J connectivity index is 2.87. The average molecular weight is 278 g/mol. The molecule has 1 rings (SSSR count). The lowest BCUT2D eigenvalue weighted by Gasteiger charge is -2.34. The van der Waals surface area contributed by atoms with Gasteiger partial charge in [0.05, 0.1) is 0 Å². The first-order chi connectivity index (χ1) is 9.14. The van der Waals surface area contributed by atoms with Gasteiger partial charge in [0.15, 0.2) is 0 Å². The fourth-order valence-corrected chi connectivity index (χ4v) is 2.69. The number of hydrogen-bond acceptors (Lipinski definition) is 4. The van der Waals surface area contributed by atoms with Gasteiger partial charge in [-0.05, 0) is 39.0 Å². The zero-order valence-electron chi connectivity index (χ0n) is 14.1. The standard InChI is InChI=1S/C16H30N4/c1-8-9-17-13-12(2)14(19-11-18-13)20-16(6,7)10-15(3,4)5/h11H,8-10H2,1-7H3,(H2,17,18,19,20). The summed E-state index contributed by atoms with van der Waals surface area (Å²) in [4.78, 5) is 8.72. The summed E-state index contributed by atoms with van der Waals surface area (Å²) in [5.41, 5.74) is 1.36. The molecule has 0 saturated heterocycles. The van der Waals surface area contributed by atoms with E-state index in [4.69, 9.17) is 0 Å². The van der Waals surface area contributed by atoms with E-state index in [2.05, 4.69) is 69.1 Å². The lowest BCUT2D eigenvalue weighted by molar-refractivity contribution is 0.302. The Hall–Kier alpha value is -1.32. The predicted octanol–water partition coefficient (Wildman–Crippen LogP) is 4.23. The van der Waals surface area contributed by atoms with Gasteiger partial charge in [0, 0.05) is 17.6 Å². The van der Waals surface area contributed by atoms with Crippen LogP contribution in [0.2, 0.25) is 0 Å². The average Bonchev–Trinajstić information content (AvgIpc) is 2.27. The van der Waals surface area contributed by atoms with Gasteiger partial charge < -0.3 is 10.6 Å². The summed E-state index contributed by atoms with van der Waals surface area (Å²) in [7, 11) is 0. The molecule has 0 saturated carbocycles. The number of aromatic nitrogens is 2. The Kier molecular flexibility index (Phi) is 5.37. The zero-order chi connectivity index (χ0) is 15.4. The maximum atomic E-state index is 4.40. The van der Waals surface area contributed by atoms with Crippen molar-refractivity contribution in [3.8, 4) is 0 Å². The van der Waals surface area contributed by atoms with Gasteiger partial charge in [-0.15, -0.1) is 0 Å². The molecule has 0 aliphatic rings. The summed E-state index contributed by atoms with van der Waals surface area (Å²) in [6, 6.07) is 0. The molecule has 0 aromatic carbocycles. The highest BCUT2D eigenvalue weighted by Crippen LogP contribution is 2.30. The van der Waals surface area contributed by atoms with Crippen LogP contribution < -0.4 is 10.6 Å². The van der Waals surface area contributed by atoms with Crippen LogP contribution >= 0.6 is 0 Å². The van der Waals surface area contributed by atoms with Crippen LogP contribution in [0.1, 0.15) is 59.9 Å². The maximum Gasteiger partial charge on any atom is 0.134 e. The molecule has 0 fully saturated rings. The third-order valence-electron chi connectivity index (χ3n) is 3.06. The van der Waals surface area contributed by atoms with Crippen molar-refractivity contribution in [2.75, 3.05) is 17.2 Å². The maximum absolute atomic E-state index is 4.40. The highest BCUT2D eigenvalue weighted by atomic mass is 15.1. The largest absolute Gasteiger partial charge is 0.370 e. The first kappa shape index (κ1) is 16.7. The quantitative estimate of drug-likeness (QED) is 0.817. The molecule has 114 valence electrons. The molecule has 1 aromatic rings. The number of nitrogens with zero attached hydrogens (tertiary/aromatic N) is 2. The predicted molar refractivity (Wildman–Crippen MR) is 87.3 cm³/mol. The molecule has 20 heavy (non-hydrogen) atoms. The summed E-state index contributed by atoms with van der Waals surface area (Å²) >= 11 is 0. The molecule has 0 unspecified atom stereocenters. The van der Waals surface area contributed by atoms with Crippen molar-refractivity contribution in [3.63, 3.8) is 0 Å². The zero-order valence-corrected chi connectivity index (χ0v) is 14.1. The number of rotatable bonds is 6. The summed E-state index contributed by atoms with van der Waals surface area (Å²) in [6.07, 6.45) is 3.78. The Morgan fingerprint density at radius 3 is 2.20 bits per heavy atom. The second-order valence-electron chi connectivity index (χ2n) is 7.37. The van der Waals surface area contributed by atoms with Crippen LogP contribution in [0.25, 0.3) is 0 Å². The Morgan fingerprint density at radius 1 is 1.05 bits per heavy atom. The molecule has 4 nitrogen and oxygen atoms in total. The van der Waals surface area contributed by atoms with Crippen molar-refractivity contribution < 1.29 is 0 Å². The molecular weight excluding hydrogens is 248 g/mol. The molecular formula is C16H30N4. The van der Waals surface area contributed by atoms with Crippen molar-refractivity contribution in [1.29, 1.82) is 0 Å². The van der Waals surface area contributed by atoms with Crippen molar-refractivity contribution in [2.45, 2.75) is 66.8 Å². The lowest BCUT2D eigenvalue weighted by Crippen LogP contribution is -2.36. The molecule has 0 aliphatic carbocycles. The van der Waals surface area contributed by atoms with Crippen molar-refractivity contribution in [3.05, 3.63) is 11.9 Å². The van der Waals surface area contributed by atoms with Crippen LogP contribution in [0.4, 0.5) is 11.6 Å². The molecule has 4 heteroatoms. The van der Waals surface area contributed by atoms with Gasteiger partial charge in [-0.1, -0.05) is 27.7 Å². The van der Waals surface area contributed by atoms with E-state index in [9.17, 15) is 0 Å². The van der Waals surface area contributed by atoms with Crippen molar-refractivity contribution in [1.82, 2.24) is 9.97 Å². The van der Waals surface area contributed by atoms with E-state index in [0.29, 0.717) is 0 Å². The Bertz CT molecular complexity index is 433. The monoisotopic (exact) mass is 278 g/mol. The van der Waals surface area contributed by atoms with Crippen molar-refractivity contribution >= 4 is 11.6 Å². The highest BCUT2D eigenvalue weighted by molar-refractivity contribution is 5.57. The summed E-state index contributed by atoms with van der Waals surface area (Å²) in [6.45, 7) is 16.4. The van der Waals surface area contributed by atoms with Gasteiger partial charge >= 0.3 is 0 Å². The Morgan fingerprint density at radius 2 is 1.65 bits per heavy atom. The van der Waals surface area contributed by atoms with Crippen molar-refractivity contribution in [2.24, 2.45) is 5.41 Å². The van der Waals surface area contributed by atoms with Crippen LogP contribution in [0.15, 0.2) is 6.33 Å². The molecule has 1 heterocycles. The smallest absolute Gasteiger partial charge is 0.134 e. The van der Waals surface area contributed by atoms with Gasteiger partial charge in [-0.25, -0.2) is 9.97 Å². The molecule has 0 aliphatic heterocycles. The fourth-order valence-electron chi connectivity index (χ4n) is 2.69. The normalized spacial score (nSPS) is 12.3. The first-order valence-electron chi connectivity index (χ1n) is 7.48. The van der Waals surface area contributed by atoms with E-state index in [0.717, 1.165) is 36.6 Å². The van der Waals surface area contributed by atoms with Gasteiger partial charge in [-0.3, -0.25) is 0 Å². The van der Waals surface area contributed by atoms with E-state index in [1.165, 1.54) is 0 Å². The summed E-state index contributed by atoms with van der Waals surface area (Å²) < 4.78 is 0. The third-order valence-corrected chi connectivity index (χ3v) is 3.06. The summed E-state index contributed by atoms with van der Waals surface area (Å²) in [5, 5.41) is 6.91. The minimum Gasteiger partial charge on any atom is -0.370 e. The van der Waals surface area contributed by atoms with E-state index in [1.807, 2.05) is 0 Å². The van der Waals surface area contributed by atoms with E-state index >= 15 is 0 Å². The Labute approximate surface area is 123 Å². The molecule has 0 atom stereocenters. The number of hydrogen-bond donors (Lipinski definition) is 2. The molecule has 0 bridgehead atoms. The minimum absolute atomic E-state index is 0.000606. The van der Waals surface area contributed by atoms with E-state index < -0.39 is 0 Å². The van der Waals surface area contributed by atoms with Gasteiger partial charge in [-0.2, -0.15) is 0 Å². The number of anilines is 2. The SMILES string of the molecule is CCCNc1ncnc(NC(C)(C)CC(C)(C)C)c1C. The van der Waals surface area contributed by atoms with Crippen LogP contribution in [-0.2, 0) is 0 Å². The van der Waals surface area contributed by atoms with Crippen LogP contribution in [0, 0.1) is 12.3 Å². The second-order valence-corrected chi connectivity index (χ2v) is 7.37. The first-order valence-corrected chi connectivity index (χ1v) is 7.48. The van der Waals surface area contributed by atoms with Crippen LogP contribution in [0.5, 0.6) is 0 Å². The topological polar surface area (TPSA) is 49.8 Å². The summed E-state index contributed by atoms with van der Waals surface area (Å²) in [5.74, 6) is 1.85. The van der Waals surface area contributed by atoms with Gasteiger partial charge in [0.2, 0.25) is 0 Å². The molecule has 0 spiro atoms. The molecule has 0 amide bonds. The third kappa shape index (κ3) is 5.35. The fraction of sp³-hybridized carbons (Fsp3) is 0.750. The highest BCUT2D eigenvalue weighted by Gasteiger charge is 2.26. The van der Waals surface area contributed by atoms with Crippen LogP contribution in [-0.4, -0.2) is 22.1 Å². The number of nitrogens with one attached hydrogen (secondary N) is 2. The van der Waals surface area contributed by atoms with Gasteiger partial charge in [0.1, 0.15) is 18.0 Å². The van der Waals surface area contributed by atoms with Gasteiger partial charge in [0.25, 0.3) is 0 Å². The minimum atomic E-state index is -0.000606. The lowest BCUT2D eigenvalue weighted by atomic mass is 9.82. The molecule has 1 aromatic heterocycles. The van der Waals surface area contributed by atoms with E-state index in [-0.39, 0.29) is 11.0 Å². The second kappa shape index (κ2) is 6.42. The molecule has 0 radical (unpaired) electrons. The molecule has 2 N–H and O–H groups in total.